The van der Waals surface area contributed by atoms with Gasteiger partial charge in [-0.15, -0.1) is 0 Å². The number of nitrogens with one attached hydrogen (secondary N) is 1. The Morgan fingerprint density at radius 3 is 2.43 bits per heavy atom. The van der Waals surface area contributed by atoms with Crippen molar-refractivity contribution in [3.8, 4) is 0 Å². The van der Waals surface area contributed by atoms with Crippen molar-refractivity contribution in [2.45, 2.75) is 10.6 Å². The fourth-order valence-electron chi connectivity index (χ4n) is 3.87. The van der Waals surface area contributed by atoms with Gasteiger partial charge in [0.25, 0.3) is 5.91 Å². The van der Waals surface area contributed by atoms with Crippen molar-refractivity contribution >= 4 is 33.1 Å². The summed E-state index contributed by atoms with van der Waals surface area (Å²) < 4.78 is 35.8. The molecule has 1 aliphatic rings. The number of rotatable bonds is 7. The van der Waals surface area contributed by atoms with Gasteiger partial charge in [-0.05, 0) is 48.0 Å². The van der Waals surface area contributed by atoms with Crippen LogP contribution >= 0.6 is 0 Å². The van der Waals surface area contributed by atoms with Crippen LogP contribution in [0.5, 0.6) is 0 Å². The van der Waals surface area contributed by atoms with E-state index in [1.54, 1.807) is 60.7 Å². The van der Waals surface area contributed by atoms with Gasteiger partial charge in [-0.3, -0.25) is 4.79 Å². The smallest absolute Gasteiger partial charge is 0.340 e. The van der Waals surface area contributed by atoms with E-state index in [9.17, 15) is 18.0 Å². The minimum absolute atomic E-state index is 0.220. The Hall–Kier alpha value is -3.69. The van der Waals surface area contributed by atoms with Crippen LogP contribution in [0, 0.1) is 0 Å². The summed E-state index contributed by atoms with van der Waals surface area (Å²) in [6.07, 6.45) is 0. The lowest BCUT2D eigenvalue weighted by molar-refractivity contribution is 0.0602. The van der Waals surface area contributed by atoms with Gasteiger partial charge in [0.2, 0.25) is 0 Å². The maximum Gasteiger partial charge on any atom is 0.340 e. The summed E-state index contributed by atoms with van der Waals surface area (Å²) in [6, 6.07) is 19.8. The molecule has 35 heavy (non-hydrogen) atoms. The molecule has 3 aromatic carbocycles. The summed E-state index contributed by atoms with van der Waals surface area (Å²) in [5, 5.41) is 2.76. The number of hydrogen-bond acceptors (Lipinski definition) is 7. The number of morpholine rings is 1. The Morgan fingerprint density at radius 2 is 1.71 bits per heavy atom. The van der Waals surface area contributed by atoms with Crippen molar-refractivity contribution in [1.29, 1.82) is 0 Å². The zero-order chi connectivity index (χ0) is 24.8. The van der Waals surface area contributed by atoms with Crippen molar-refractivity contribution in [3.05, 3.63) is 89.5 Å². The molecule has 1 amide bonds. The molecular weight excluding hydrogens is 468 g/mol. The summed E-state index contributed by atoms with van der Waals surface area (Å²) in [7, 11) is -2.27. The van der Waals surface area contributed by atoms with Gasteiger partial charge in [-0.25, -0.2) is 13.2 Å². The number of anilines is 2. The number of carbonyl (C=O) groups excluding carboxylic acids is 2. The number of carbonyl (C=O) groups is 2. The molecule has 3 aromatic rings. The molecule has 1 heterocycles. The lowest BCUT2D eigenvalue weighted by atomic mass is 10.1. The Balaban J connectivity index is 1.55. The van der Waals surface area contributed by atoms with Gasteiger partial charge in [0.1, 0.15) is 0 Å². The summed E-state index contributed by atoms with van der Waals surface area (Å²) in [4.78, 5) is 27.8. The lowest BCUT2D eigenvalue weighted by Crippen LogP contribution is -2.36. The van der Waals surface area contributed by atoms with Crippen LogP contribution in [0.15, 0.2) is 77.7 Å². The molecule has 1 fully saturated rings. The molecule has 0 bridgehead atoms. The van der Waals surface area contributed by atoms with Gasteiger partial charge >= 0.3 is 5.97 Å². The largest absolute Gasteiger partial charge is 0.465 e. The normalized spacial score (nSPS) is 13.8. The second kappa shape index (κ2) is 10.7. The van der Waals surface area contributed by atoms with E-state index in [0.29, 0.717) is 37.6 Å². The van der Waals surface area contributed by atoms with Gasteiger partial charge in [0, 0.05) is 24.3 Å². The molecule has 1 saturated heterocycles. The first kappa shape index (κ1) is 24.4. The van der Waals surface area contributed by atoms with E-state index in [1.807, 2.05) is 6.07 Å². The zero-order valence-electron chi connectivity index (χ0n) is 19.3. The fourth-order valence-corrected chi connectivity index (χ4v) is 5.22. The average molecular weight is 495 g/mol. The van der Waals surface area contributed by atoms with E-state index < -0.39 is 21.7 Å². The van der Waals surface area contributed by atoms with E-state index in [0.717, 1.165) is 5.69 Å². The molecule has 0 spiro atoms. The third-order valence-corrected chi connectivity index (χ3v) is 7.38. The summed E-state index contributed by atoms with van der Waals surface area (Å²) in [6.45, 7) is 2.60. The Morgan fingerprint density at radius 1 is 0.971 bits per heavy atom. The molecule has 0 unspecified atom stereocenters. The molecule has 9 heteroatoms. The number of benzene rings is 3. The highest BCUT2D eigenvalue weighted by atomic mass is 32.2. The number of esters is 1. The van der Waals surface area contributed by atoms with Gasteiger partial charge in [-0.1, -0.05) is 30.3 Å². The standard InChI is InChI=1S/C26H26N2O6S/c1-33-26(30)23-17-21(28-12-14-34-15-13-28)10-11-24(23)27-25(29)20-7-5-6-19(16-20)18-35(31,32)22-8-3-2-4-9-22/h2-11,16-17H,12-15,18H2,1H3,(H,27,29). The van der Waals surface area contributed by atoms with Crippen LogP contribution in [0.4, 0.5) is 11.4 Å². The van der Waals surface area contributed by atoms with Crippen molar-refractivity contribution in [2.75, 3.05) is 43.6 Å². The number of nitrogens with zero attached hydrogens (tertiary/aromatic N) is 1. The topological polar surface area (TPSA) is 102 Å². The van der Waals surface area contributed by atoms with E-state index in [-0.39, 0.29) is 21.8 Å². The summed E-state index contributed by atoms with van der Waals surface area (Å²) in [5.41, 5.74) is 2.13. The number of amides is 1. The number of methoxy groups -OCH3 is 1. The van der Waals surface area contributed by atoms with Crippen LogP contribution in [-0.2, 0) is 25.1 Å². The molecule has 0 atom stereocenters. The van der Waals surface area contributed by atoms with Crippen LogP contribution in [0.3, 0.4) is 0 Å². The Labute approximate surface area is 204 Å². The van der Waals surface area contributed by atoms with Crippen molar-refractivity contribution in [2.24, 2.45) is 0 Å². The third kappa shape index (κ3) is 5.87. The molecule has 182 valence electrons. The van der Waals surface area contributed by atoms with E-state index in [1.165, 1.54) is 13.2 Å². The lowest BCUT2D eigenvalue weighted by Gasteiger charge is -2.29. The summed E-state index contributed by atoms with van der Waals surface area (Å²) >= 11 is 0. The second-order valence-electron chi connectivity index (χ2n) is 8.05. The number of sulfone groups is 1. The Bertz CT molecular complexity index is 1320. The van der Waals surface area contributed by atoms with E-state index in [2.05, 4.69) is 10.2 Å². The van der Waals surface area contributed by atoms with Crippen molar-refractivity contribution in [3.63, 3.8) is 0 Å². The fraction of sp³-hybridized carbons (Fsp3) is 0.231. The van der Waals surface area contributed by atoms with Crippen LogP contribution in [0.1, 0.15) is 26.3 Å². The molecule has 8 nitrogen and oxygen atoms in total. The van der Waals surface area contributed by atoms with Gasteiger partial charge in [-0.2, -0.15) is 0 Å². The first-order chi connectivity index (χ1) is 16.9. The highest BCUT2D eigenvalue weighted by Gasteiger charge is 2.20. The molecule has 4 rings (SSSR count). The van der Waals surface area contributed by atoms with Crippen LogP contribution in [0.2, 0.25) is 0 Å². The molecular formula is C26H26N2O6S. The van der Waals surface area contributed by atoms with Crippen molar-refractivity contribution < 1.29 is 27.5 Å². The van der Waals surface area contributed by atoms with Gasteiger partial charge in [0.05, 0.1) is 42.2 Å². The highest BCUT2D eigenvalue weighted by Crippen LogP contribution is 2.26. The predicted octanol–water partition coefficient (Wildman–Crippen LogP) is 3.54. The first-order valence-electron chi connectivity index (χ1n) is 11.1. The maximum absolute atomic E-state index is 13.0. The molecule has 0 aromatic heterocycles. The second-order valence-corrected chi connectivity index (χ2v) is 10.0. The minimum atomic E-state index is -3.56. The third-order valence-electron chi connectivity index (χ3n) is 5.68. The molecule has 0 aliphatic carbocycles. The molecule has 1 aliphatic heterocycles. The van der Waals surface area contributed by atoms with Crippen LogP contribution in [-0.4, -0.2) is 53.7 Å². The zero-order valence-corrected chi connectivity index (χ0v) is 20.1. The average Bonchev–Trinajstić information content (AvgIpc) is 2.89. The predicted molar refractivity (Wildman–Crippen MR) is 133 cm³/mol. The quantitative estimate of drug-likeness (QED) is 0.501. The monoisotopic (exact) mass is 494 g/mol. The number of ether oxygens (including phenoxy) is 2. The summed E-state index contributed by atoms with van der Waals surface area (Å²) in [5.74, 6) is -1.27. The van der Waals surface area contributed by atoms with Gasteiger partial charge < -0.3 is 19.7 Å². The number of hydrogen-bond donors (Lipinski definition) is 1. The SMILES string of the molecule is COC(=O)c1cc(N2CCOCC2)ccc1NC(=O)c1cccc(CS(=O)(=O)c2ccccc2)c1. The molecule has 1 N–H and O–H groups in total. The van der Waals surface area contributed by atoms with E-state index >= 15 is 0 Å². The maximum atomic E-state index is 13.0. The molecule has 0 saturated carbocycles. The first-order valence-corrected chi connectivity index (χ1v) is 12.8. The van der Waals surface area contributed by atoms with Crippen LogP contribution in [0.25, 0.3) is 0 Å². The minimum Gasteiger partial charge on any atom is -0.465 e. The van der Waals surface area contributed by atoms with Crippen molar-refractivity contribution in [1.82, 2.24) is 0 Å². The van der Waals surface area contributed by atoms with Crippen LogP contribution < -0.4 is 10.2 Å². The Kier molecular flexibility index (Phi) is 7.48. The highest BCUT2D eigenvalue weighted by molar-refractivity contribution is 7.90. The van der Waals surface area contributed by atoms with E-state index in [4.69, 9.17) is 9.47 Å². The molecule has 0 radical (unpaired) electrons. The van der Waals surface area contributed by atoms with Gasteiger partial charge in [0.15, 0.2) is 9.84 Å².